The van der Waals surface area contributed by atoms with Gasteiger partial charge in [-0.2, -0.15) is 0 Å². The number of hydrogen-bond acceptors (Lipinski definition) is 7. The lowest BCUT2D eigenvalue weighted by molar-refractivity contribution is -0.144. The number of likely N-dealkylation sites (N-methyl/N-ethyl adjacent to an activating group) is 2. The van der Waals surface area contributed by atoms with Crippen molar-refractivity contribution in [2.45, 2.75) is 69.6 Å². The summed E-state index contributed by atoms with van der Waals surface area (Å²) in [6.07, 6.45) is 2.34. The van der Waals surface area contributed by atoms with E-state index in [9.17, 15) is 33.9 Å². The van der Waals surface area contributed by atoms with Crippen molar-refractivity contribution in [2.24, 2.45) is 5.73 Å². The van der Waals surface area contributed by atoms with E-state index in [4.69, 9.17) is 5.73 Å². The number of nitrogens with two attached hydrogens (primary N) is 1. The highest BCUT2D eigenvalue weighted by Crippen LogP contribution is 2.20. The predicted octanol–water partition coefficient (Wildman–Crippen LogP) is 2.60. The van der Waals surface area contributed by atoms with Crippen LogP contribution < -0.4 is 32.3 Å². The third kappa shape index (κ3) is 12.2. The lowest BCUT2D eigenvalue weighted by Crippen LogP contribution is -2.58. The summed E-state index contributed by atoms with van der Waals surface area (Å²) >= 11 is 0. The summed E-state index contributed by atoms with van der Waals surface area (Å²) < 4.78 is 0. The Morgan fingerprint density at radius 3 is 2.18 bits per heavy atom. The van der Waals surface area contributed by atoms with Gasteiger partial charge in [0.05, 0.1) is 12.5 Å². The highest BCUT2D eigenvalue weighted by atomic mass is 16.4. The third-order valence-electron chi connectivity index (χ3n) is 9.40. The minimum atomic E-state index is -1.59. The van der Waals surface area contributed by atoms with Crippen LogP contribution in [0.3, 0.4) is 0 Å². The largest absolute Gasteiger partial charge is 0.481 e. The fraction of sp³-hybridized carbons (Fsp3) is 0.350. The number of carboxylic acid groups (broad SMARTS) is 1. The minimum absolute atomic E-state index is 0.0500. The molecule has 0 bridgehead atoms. The highest BCUT2D eigenvalue weighted by Gasteiger charge is 2.34. The second-order valence-electron chi connectivity index (χ2n) is 13.4. The van der Waals surface area contributed by atoms with Crippen LogP contribution in [0.5, 0.6) is 0 Å². The number of anilines is 1. The normalized spacial score (nSPS) is 13.1. The number of primary amides is 1. The van der Waals surface area contributed by atoms with E-state index in [1.807, 2.05) is 55.6 Å². The van der Waals surface area contributed by atoms with E-state index in [2.05, 4.69) is 31.6 Å². The first kappa shape index (κ1) is 41.5. The van der Waals surface area contributed by atoms with Gasteiger partial charge in [0.2, 0.25) is 23.6 Å². The van der Waals surface area contributed by atoms with Crippen molar-refractivity contribution in [3.8, 4) is 0 Å². The Hall–Kier alpha value is -6.22. The molecule has 6 amide bonds. The van der Waals surface area contributed by atoms with Crippen LogP contribution in [0, 0.1) is 6.92 Å². The SMILES string of the molecule is CN[C@@H](Cc1c[nH]c2ccccc12)C(=O)N(C)[C@@H](CCCCNC(=O)Nc1ccccc1C)C(=O)N[C@@H](CC(=O)O)C(=O)N[C@@H](Cc1ccccc1)C(N)=O. The summed E-state index contributed by atoms with van der Waals surface area (Å²) in [4.78, 5) is 82.7. The zero-order chi connectivity index (χ0) is 39.9. The average Bonchev–Trinajstić information content (AvgIpc) is 3.57. The number of aromatic amines is 1. The summed E-state index contributed by atoms with van der Waals surface area (Å²) in [6.45, 7) is 2.15. The zero-order valence-corrected chi connectivity index (χ0v) is 31.3. The molecule has 292 valence electrons. The number of H-pyrrole nitrogens is 1. The van der Waals surface area contributed by atoms with E-state index in [0.717, 1.165) is 22.0 Å². The van der Waals surface area contributed by atoms with Gasteiger partial charge in [-0.1, -0.05) is 66.7 Å². The van der Waals surface area contributed by atoms with Gasteiger partial charge in [0.1, 0.15) is 18.1 Å². The Morgan fingerprint density at radius 1 is 0.818 bits per heavy atom. The quantitative estimate of drug-likeness (QED) is 0.0624. The minimum Gasteiger partial charge on any atom is -0.481 e. The van der Waals surface area contributed by atoms with Crippen LogP contribution in [0.15, 0.2) is 85.1 Å². The summed E-state index contributed by atoms with van der Waals surface area (Å²) in [5.41, 5.74) is 9.67. The fourth-order valence-corrected chi connectivity index (χ4v) is 6.27. The molecule has 4 atom stereocenters. The molecule has 1 heterocycles. The number of hydrogen-bond donors (Lipinski definition) is 8. The molecule has 0 unspecified atom stereocenters. The molecular weight excluding hydrogens is 704 g/mol. The first-order valence-electron chi connectivity index (χ1n) is 18.1. The van der Waals surface area contributed by atoms with Crippen molar-refractivity contribution in [1.82, 2.24) is 31.2 Å². The van der Waals surface area contributed by atoms with E-state index >= 15 is 0 Å². The zero-order valence-electron chi connectivity index (χ0n) is 31.3. The molecule has 1 aromatic heterocycles. The molecular formula is C40H50N8O7. The number of carbonyl (C=O) groups is 6. The Bertz CT molecular complexity index is 1950. The maximum Gasteiger partial charge on any atom is 0.319 e. The molecule has 0 fully saturated rings. The summed E-state index contributed by atoms with van der Waals surface area (Å²) in [6, 6.07) is 18.8. The maximum atomic E-state index is 14.0. The molecule has 4 rings (SSSR count). The Balaban J connectivity index is 1.48. The van der Waals surface area contributed by atoms with Gasteiger partial charge in [0, 0.05) is 42.8 Å². The highest BCUT2D eigenvalue weighted by molar-refractivity contribution is 5.96. The topological polar surface area (TPSA) is 228 Å². The van der Waals surface area contributed by atoms with Gasteiger partial charge in [-0.15, -0.1) is 0 Å². The fourth-order valence-electron chi connectivity index (χ4n) is 6.27. The molecule has 15 nitrogen and oxygen atoms in total. The number of benzene rings is 3. The molecule has 0 spiro atoms. The van der Waals surface area contributed by atoms with Crippen molar-refractivity contribution in [3.05, 3.63) is 102 Å². The molecule has 55 heavy (non-hydrogen) atoms. The van der Waals surface area contributed by atoms with Crippen LogP contribution in [-0.2, 0) is 36.8 Å². The number of fused-ring (bicyclic) bond motifs is 1. The van der Waals surface area contributed by atoms with Crippen LogP contribution in [-0.4, -0.2) is 95.4 Å². The predicted molar refractivity (Wildman–Crippen MR) is 209 cm³/mol. The molecule has 9 N–H and O–H groups in total. The number of carbonyl (C=O) groups excluding carboxylic acids is 5. The lowest BCUT2D eigenvalue weighted by Gasteiger charge is -2.32. The molecule has 0 saturated carbocycles. The average molecular weight is 755 g/mol. The number of aromatic nitrogens is 1. The Labute approximate surface area is 319 Å². The number of carboxylic acids is 1. The number of amides is 6. The summed E-state index contributed by atoms with van der Waals surface area (Å²) in [7, 11) is 3.13. The van der Waals surface area contributed by atoms with Gasteiger partial charge in [-0.05, 0) is 68.5 Å². The van der Waals surface area contributed by atoms with Crippen molar-refractivity contribution in [3.63, 3.8) is 0 Å². The van der Waals surface area contributed by atoms with E-state index < -0.39 is 66.2 Å². The van der Waals surface area contributed by atoms with Gasteiger partial charge in [-0.25, -0.2) is 4.79 Å². The van der Waals surface area contributed by atoms with Gasteiger partial charge in [-0.3, -0.25) is 24.0 Å². The smallest absolute Gasteiger partial charge is 0.319 e. The number of aryl methyl sites for hydroxylation is 1. The number of unbranched alkanes of at least 4 members (excludes halogenated alkanes) is 1. The number of rotatable bonds is 20. The number of urea groups is 1. The van der Waals surface area contributed by atoms with Gasteiger partial charge >= 0.3 is 12.0 Å². The van der Waals surface area contributed by atoms with Crippen LogP contribution in [0.4, 0.5) is 10.5 Å². The summed E-state index contributed by atoms with van der Waals surface area (Å²) in [5, 5.41) is 24.3. The van der Waals surface area contributed by atoms with Gasteiger partial charge < -0.3 is 47.3 Å². The first-order chi connectivity index (χ1) is 26.4. The molecule has 0 aliphatic heterocycles. The summed E-state index contributed by atoms with van der Waals surface area (Å²) in [5.74, 6) is -4.29. The van der Waals surface area contributed by atoms with E-state index in [1.165, 1.54) is 11.9 Å². The third-order valence-corrected chi connectivity index (χ3v) is 9.40. The van der Waals surface area contributed by atoms with Crippen LogP contribution in [0.2, 0.25) is 0 Å². The second-order valence-corrected chi connectivity index (χ2v) is 13.4. The second kappa shape index (κ2) is 20.3. The van der Waals surface area contributed by atoms with Gasteiger partial charge in [0.15, 0.2) is 0 Å². The number of nitrogens with zero attached hydrogens (tertiary/aromatic N) is 1. The van der Waals surface area contributed by atoms with Crippen LogP contribution in [0.25, 0.3) is 10.9 Å². The molecule has 3 aromatic carbocycles. The molecule has 0 aliphatic rings. The molecule has 0 radical (unpaired) electrons. The number of para-hydroxylation sites is 2. The standard InChI is InChI=1S/C40H50N8O7/c1-25-13-7-9-17-29(25)47-40(55)43-20-12-11-19-34(48(3)39(54)33(42-2)22-27-24-44-30-18-10-8-16-28(27)30)38(53)46-32(23-35(49)50)37(52)45-31(36(41)51)21-26-14-5-4-6-15-26/h4-10,13-18,24,31-34,42,44H,11-12,19-23H2,1-3H3,(H2,41,51)(H,45,52)(H,46,53)(H,49,50)(H2,43,47,55)/t31-,32-,33-,34-/m0/s1. The van der Waals surface area contributed by atoms with Crippen molar-refractivity contribution >= 4 is 52.2 Å². The van der Waals surface area contributed by atoms with E-state index in [0.29, 0.717) is 30.5 Å². The van der Waals surface area contributed by atoms with Crippen molar-refractivity contribution in [1.29, 1.82) is 0 Å². The Kier molecular flexibility index (Phi) is 15.3. The molecule has 4 aromatic rings. The lowest BCUT2D eigenvalue weighted by atomic mass is 10.0. The van der Waals surface area contributed by atoms with E-state index in [1.54, 1.807) is 43.4 Å². The van der Waals surface area contributed by atoms with Gasteiger partial charge in [0.25, 0.3) is 0 Å². The molecule has 0 saturated heterocycles. The van der Waals surface area contributed by atoms with E-state index in [-0.39, 0.29) is 19.4 Å². The van der Waals surface area contributed by atoms with Crippen molar-refractivity contribution < 1.29 is 33.9 Å². The molecule has 0 aliphatic carbocycles. The monoisotopic (exact) mass is 754 g/mol. The molecule has 15 heteroatoms. The van der Waals surface area contributed by atoms with Crippen LogP contribution >= 0.6 is 0 Å². The number of nitrogens with one attached hydrogen (secondary N) is 6. The first-order valence-corrected chi connectivity index (χ1v) is 18.1. The van der Waals surface area contributed by atoms with Crippen molar-refractivity contribution in [2.75, 3.05) is 26.0 Å². The Morgan fingerprint density at radius 2 is 1.49 bits per heavy atom. The van der Waals surface area contributed by atoms with Crippen LogP contribution in [0.1, 0.15) is 42.4 Å². The number of aliphatic carboxylic acids is 1. The maximum absolute atomic E-state index is 14.0.